The Labute approximate surface area is 110 Å². The summed E-state index contributed by atoms with van der Waals surface area (Å²) in [5.74, 6) is 0. The number of nitrogens with zero attached hydrogens (tertiary/aromatic N) is 2. The zero-order valence-corrected chi connectivity index (χ0v) is 11.2. The lowest BCUT2D eigenvalue weighted by molar-refractivity contribution is 0.181. The van der Waals surface area contributed by atoms with Crippen LogP contribution in [0.15, 0.2) is 18.2 Å². The monoisotopic (exact) mass is 263 g/mol. The highest BCUT2D eigenvalue weighted by Gasteiger charge is 2.26. The quantitative estimate of drug-likeness (QED) is 0.864. The summed E-state index contributed by atoms with van der Waals surface area (Å²) in [4.78, 5) is 7.07. The third kappa shape index (κ3) is 2.04. The highest BCUT2D eigenvalue weighted by atomic mass is 32.1. The topological polar surface area (TPSA) is 51.4 Å². The standard InChI is InChI=1S/C13H17N3OS/c1-17-8-10-3-2-6-16(10)13-15-11-5-4-9(14)7-12(11)18-13/h4-5,7,10H,2-3,6,8,14H2,1H3/t10-/m1/s1. The molecule has 1 aliphatic heterocycles. The number of nitrogen functional groups attached to an aromatic ring is 1. The molecule has 0 amide bonds. The molecule has 18 heavy (non-hydrogen) atoms. The van der Waals surface area contributed by atoms with Crippen LogP contribution in [0.25, 0.3) is 10.2 Å². The fourth-order valence-electron chi connectivity index (χ4n) is 2.51. The van der Waals surface area contributed by atoms with Crippen molar-refractivity contribution in [1.29, 1.82) is 0 Å². The third-order valence-electron chi connectivity index (χ3n) is 3.38. The van der Waals surface area contributed by atoms with E-state index in [4.69, 9.17) is 15.5 Å². The molecule has 0 bridgehead atoms. The first-order valence-electron chi connectivity index (χ1n) is 6.19. The molecule has 2 N–H and O–H groups in total. The van der Waals surface area contributed by atoms with Crippen molar-refractivity contribution in [3.05, 3.63) is 18.2 Å². The van der Waals surface area contributed by atoms with Crippen LogP contribution < -0.4 is 10.6 Å². The van der Waals surface area contributed by atoms with Gasteiger partial charge in [0.05, 0.1) is 22.9 Å². The summed E-state index contributed by atoms with van der Waals surface area (Å²) < 4.78 is 6.45. The minimum Gasteiger partial charge on any atom is -0.399 e. The van der Waals surface area contributed by atoms with Gasteiger partial charge in [-0.1, -0.05) is 11.3 Å². The second-order valence-electron chi connectivity index (χ2n) is 4.67. The van der Waals surface area contributed by atoms with Crippen LogP contribution in [0.1, 0.15) is 12.8 Å². The van der Waals surface area contributed by atoms with Gasteiger partial charge in [-0.3, -0.25) is 0 Å². The molecule has 2 aromatic rings. The normalized spacial score (nSPS) is 19.8. The van der Waals surface area contributed by atoms with Crippen molar-refractivity contribution >= 4 is 32.4 Å². The molecule has 1 aromatic heterocycles. The van der Waals surface area contributed by atoms with Gasteiger partial charge in [0.25, 0.3) is 0 Å². The third-order valence-corrected chi connectivity index (χ3v) is 4.44. The predicted molar refractivity (Wildman–Crippen MR) is 76.3 cm³/mol. The van der Waals surface area contributed by atoms with Gasteiger partial charge >= 0.3 is 0 Å². The van der Waals surface area contributed by atoms with E-state index in [1.165, 1.54) is 12.8 Å². The number of anilines is 2. The summed E-state index contributed by atoms with van der Waals surface area (Å²) >= 11 is 1.72. The Balaban J connectivity index is 1.93. The van der Waals surface area contributed by atoms with Gasteiger partial charge in [-0.25, -0.2) is 4.98 Å². The lowest BCUT2D eigenvalue weighted by Crippen LogP contribution is -2.32. The molecule has 1 saturated heterocycles. The maximum absolute atomic E-state index is 5.81. The van der Waals surface area contributed by atoms with Crippen molar-refractivity contribution in [2.24, 2.45) is 0 Å². The SMILES string of the molecule is COC[C@H]1CCCN1c1nc2ccc(N)cc2s1. The Morgan fingerprint density at radius 2 is 2.44 bits per heavy atom. The maximum Gasteiger partial charge on any atom is 0.186 e. The number of hydrogen-bond donors (Lipinski definition) is 1. The summed E-state index contributed by atoms with van der Waals surface area (Å²) in [7, 11) is 1.76. The van der Waals surface area contributed by atoms with Gasteiger partial charge in [-0.05, 0) is 31.0 Å². The molecule has 1 aromatic carbocycles. The lowest BCUT2D eigenvalue weighted by atomic mass is 10.2. The average Bonchev–Trinajstić information content (AvgIpc) is 2.94. The van der Waals surface area contributed by atoms with E-state index in [9.17, 15) is 0 Å². The number of benzene rings is 1. The zero-order valence-electron chi connectivity index (χ0n) is 10.4. The Bertz CT molecular complexity index is 554. The van der Waals surface area contributed by atoms with Gasteiger partial charge in [0.15, 0.2) is 5.13 Å². The summed E-state index contributed by atoms with van der Waals surface area (Å²) in [6, 6.07) is 6.36. The lowest BCUT2D eigenvalue weighted by Gasteiger charge is -2.22. The zero-order chi connectivity index (χ0) is 12.5. The van der Waals surface area contributed by atoms with Crippen LogP contribution in [0, 0.1) is 0 Å². The number of fused-ring (bicyclic) bond motifs is 1. The first-order valence-corrected chi connectivity index (χ1v) is 7.01. The van der Waals surface area contributed by atoms with Crippen LogP contribution >= 0.6 is 11.3 Å². The summed E-state index contributed by atoms with van der Waals surface area (Å²) in [5.41, 5.74) is 7.64. The van der Waals surface area contributed by atoms with Crippen molar-refractivity contribution in [2.75, 3.05) is 30.9 Å². The molecule has 0 radical (unpaired) electrons. The number of aromatic nitrogens is 1. The Morgan fingerprint density at radius 1 is 1.56 bits per heavy atom. The smallest absolute Gasteiger partial charge is 0.186 e. The van der Waals surface area contributed by atoms with E-state index in [0.717, 1.165) is 34.2 Å². The summed E-state index contributed by atoms with van der Waals surface area (Å²) in [6.45, 7) is 1.85. The molecular formula is C13H17N3OS. The number of thiazole rings is 1. The van der Waals surface area contributed by atoms with Crippen molar-refractivity contribution in [3.63, 3.8) is 0 Å². The van der Waals surface area contributed by atoms with Crippen LogP contribution in [0.2, 0.25) is 0 Å². The fourth-order valence-corrected chi connectivity index (χ4v) is 3.62. The molecule has 1 fully saturated rings. The molecule has 5 heteroatoms. The highest BCUT2D eigenvalue weighted by molar-refractivity contribution is 7.22. The van der Waals surface area contributed by atoms with Crippen molar-refractivity contribution in [2.45, 2.75) is 18.9 Å². The molecule has 96 valence electrons. The molecule has 0 aliphatic carbocycles. The molecule has 0 unspecified atom stereocenters. The Kier molecular flexibility index (Phi) is 3.09. The van der Waals surface area contributed by atoms with Crippen molar-refractivity contribution in [3.8, 4) is 0 Å². The molecule has 3 rings (SSSR count). The Morgan fingerprint density at radius 3 is 3.28 bits per heavy atom. The minimum absolute atomic E-state index is 0.466. The van der Waals surface area contributed by atoms with Gasteiger partial charge in [0.2, 0.25) is 0 Å². The van der Waals surface area contributed by atoms with Gasteiger partial charge < -0.3 is 15.4 Å². The van der Waals surface area contributed by atoms with Crippen LogP contribution in [0.5, 0.6) is 0 Å². The second kappa shape index (κ2) is 4.74. The second-order valence-corrected chi connectivity index (χ2v) is 5.68. The fraction of sp³-hybridized carbons (Fsp3) is 0.462. The van der Waals surface area contributed by atoms with Crippen molar-refractivity contribution in [1.82, 2.24) is 4.98 Å². The molecule has 1 aliphatic rings. The Hall–Kier alpha value is -1.33. The van der Waals surface area contributed by atoms with E-state index in [-0.39, 0.29) is 0 Å². The van der Waals surface area contributed by atoms with Crippen LogP contribution in [-0.2, 0) is 4.74 Å². The maximum atomic E-state index is 5.81. The van der Waals surface area contributed by atoms with E-state index in [1.54, 1.807) is 18.4 Å². The van der Waals surface area contributed by atoms with Gasteiger partial charge in [-0.15, -0.1) is 0 Å². The predicted octanol–water partition coefficient (Wildman–Crippen LogP) is 2.49. The molecule has 1 atom stereocenters. The number of methoxy groups -OCH3 is 1. The largest absolute Gasteiger partial charge is 0.399 e. The van der Waals surface area contributed by atoms with Crippen LogP contribution in [0.3, 0.4) is 0 Å². The average molecular weight is 263 g/mol. The van der Waals surface area contributed by atoms with Gasteiger partial charge in [-0.2, -0.15) is 0 Å². The van der Waals surface area contributed by atoms with Gasteiger partial charge in [0.1, 0.15) is 0 Å². The minimum atomic E-state index is 0.466. The van der Waals surface area contributed by atoms with E-state index in [2.05, 4.69) is 4.90 Å². The van der Waals surface area contributed by atoms with E-state index in [0.29, 0.717) is 6.04 Å². The first kappa shape index (κ1) is 11.7. The van der Waals surface area contributed by atoms with E-state index >= 15 is 0 Å². The number of hydrogen-bond acceptors (Lipinski definition) is 5. The van der Waals surface area contributed by atoms with E-state index in [1.807, 2.05) is 18.2 Å². The highest BCUT2D eigenvalue weighted by Crippen LogP contribution is 2.34. The molecule has 0 spiro atoms. The molecule has 2 heterocycles. The number of nitrogens with two attached hydrogens (primary N) is 1. The molecule has 4 nitrogen and oxygen atoms in total. The van der Waals surface area contributed by atoms with Gasteiger partial charge in [0, 0.05) is 19.3 Å². The summed E-state index contributed by atoms with van der Waals surface area (Å²) in [6.07, 6.45) is 2.40. The molecular weight excluding hydrogens is 246 g/mol. The number of ether oxygens (including phenoxy) is 1. The number of rotatable bonds is 3. The van der Waals surface area contributed by atoms with Crippen molar-refractivity contribution < 1.29 is 4.74 Å². The molecule has 0 saturated carbocycles. The van der Waals surface area contributed by atoms with Crippen LogP contribution in [0.4, 0.5) is 10.8 Å². The van der Waals surface area contributed by atoms with Crippen LogP contribution in [-0.4, -0.2) is 31.3 Å². The van der Waals surface area contributed by atoms with E-state index < -0.39 is 0 Å². The summed E-state index contributed by atoms with van der Waals surface area (Å²) in [5, 5.41) is 1.09. The first-order chi connectivity index (χ1) is 8.78.